The van der Waals surface area contributed by atoms with E-state index < -0.39 is 8.25 Å². The Labute approximate surface area is 148 Å². The first kappa shape index (κ1) is 23.2. The van der Waals surface area contributed by atoms with Crippen LogP contribution >= 0.6 is 8.25 Å². The highest BCUT2D eigenvalue weighted by atomic mass is 31.1. The first-order chi connectivity index (χ1) is 11.0. The van der Waals surface area contributed by atoms with E-state index in [1.165, 1.54) is 19.8 Å². The number of aromatic hydroxyl groups is 1. The first-order valence-corrected chi connectivity index (χ1v) is 9.73. The van der Waals surface area contributed by atoms with Crippen LogP contribution in [-0.2, 0) is 19.0 Å². The van der Waals surface area contributed by atoms with Gasteiger partial charge >= 0.3 is 8.25 Å². The Morgan fingerprint density at radius 2 is 1.42 bits per heavy atom. The number of phenols is 1. The molecular weight excluding hydrogens is 323 g/mol. The van der Waals surface area contributed by atoms with Gasteiger partial charge in [0.15, 0.2) is 0 Å². The van der Waals surface area contributed by atoms with E-state index in [0.717, 1.165) is 17.5 Å². The Morgan fingerprint density at radius 1 is 1.04 bits per heavy atom. The van der Waals surface area contributed by atoms with Crippen LogP contribution in [0, 0.1) is 0 Å². The van der Waals surface area contributed by atoms with Gasteiger partial charge in [-0.15, -0.1) is 0 Å². The van der Waals surface area contributed by atoms with Crippen LogP contribution in [0.4, 0.5) is 0 Å². The maximum absolute atomic E-state index is 10.4. The minimum Gasteiger partial charge on any atom is -0.507 e. The van der Waals surface area contributed by atoms with Crippen LogP contribution in [0.2, 0.25) is 0 Å². The zero-order chi connectivity index (χ0) is 19.1. The highest BCUT2D eigenvalue weighted by Gasteiger charge is 2.23. The molecule has 0 aliphatic heterocycles. The van der Waals surface area contributed by atoms with Crippen molar-refractivity contribution in [1.29, 1.82) is 0 Å². The lowest BCUT2D eigenvalue weighted by Crippen LogP contribution is -2.16. The van der Waals surface area contributed by atoms with Crippen molar-refractivity contribution >= 4 is 8.25 Å². The molecular formula is C19H35O4P. The van der Waals surface area contributed by atoms with Gasteiger partial charge in [0.1, 0.15) is 5.75 Å². The second kappa shape index (κ2) is 10.2. The van der Waals surface area contributed by atoms with Crippen LogP contribution in [0.25, 0.3) is 0 Å². The Bertz CT molecular complexity index is 501. The summed E-state index contributed by atoms with van der Waals surface area (Å²) in [6.45, 7) is 15.3. The minimum absolute atomic E-state index is 0.168. The van der Waals surface area contributed by atoms with E-state index in [2.05, 4.69) is 69.6 Å². The molecule has 0 aromatic heterocycles. The second-order valence-corrected chi connectivity index (χ2v) is 8.52. The lowest BCUT2D eigenvalue weighted by Gasteiger charge is -2.27. The minimum atomic E-state index is -2.12. The average Bonchev–Trinajstić information content (AvgIpc) is 2.53. The summed E-state index contributed by atoms with van der Waals surface area (Å²) < 4.78 is 18.4. The number of phenolic OH excluding ortho intramolecular Hbond substituents is 1. The van der Waals surface area contributed by atoms with E-state index in [9.17, 15) is 9.67 Å². The normalized spacial score (nSPS) is 11.8. The Morgan fingerprint density at radius 3 is 1.62 bits per heavy atom. The molecule has 0 amide bonds. The Kier molecular flexibility index (Phi) is 9.87. The average molecular weight is 358 g/mol. The number of hydrogen-bond acceptors (Lipinski definition) is 4. The summed E-state index contributed by atoms with van der Waals surface area (Å²) in [4.78, 5) is 0. The van der Waals surface area contributed by atoms with Gasteiger partial charge in [-0.05, 0) is 40.4 Å². The summed E-state index contributed by atoms with van der Waals surface area (Å²) in [5.74, 6) is 1.21. The maximum atomic E-state index is 10.4. The van der Waals surface area contributed by atoms with Gasteiger partial charge in [-0.25, -0.2) is 0 Å². The van der Waals surface area contributed by atoms with Gasteiger partial charge in [-0.3, -0.25) is 4.57 Å². The van der Waals surface area contributed by atoms with Gasteiger partial charge in [0.05, 0.1) is 0 Å². The molecule has 0 aliphatic rings. The molecule has 5 heteroatoms. The summed E-state index contributed by atoms with van der Waals surface area (Å²) in [5.41, 5.74) is 3.67. The third-order valence-corrected chi connectivity index (χ3v) is 5.08. The van der Waals surface area contributed by atoms with Gasteiger partial charge in [-0.1, -0.05) is 60.6 Å². The summed E-state index contributed by atoms with van der Waals surface area (Å²) in [7, 11) is 0.558. The van der Waals surface area contributed by atoms with Crippen LogP contribution < -0.4 is 0 Å². The third-order valence-electron chi connectivity index (χ3n) is 4.41. The lowest BCUT2D eigenvalue weighted by molar-refractivity contribution is 0.302. The van der Waals surface area contributed by atoms with Gasteiger partial charge in [0.2, 0.25) is 0 Å². The van der Waals surface area contributed by atoms with Crippen molar-refractivity contribution < 1.29 is 18.7 Å². The molecule has 0 saturated heterocycles. The molecule has 0 radical (unpaired) electrons. The zero-order valence-electron chi connectivity index (χ0n) is 16.7. The van der Waals surface area contributed by atoms with Crippen molar-refractivity contribution in [2.45, 2.75) is 72.1 Å². The number of rotatable bonds is 6. The quantitative estimate of drug-likeness (QED) is 0.634. The van der Waals surface area contributed by atoms with Gasteiger partial charge in [0.25, 0.3) is 0 Å². The molecule has 0 heterocycles. The van der Waals surface area contributed by atoms with Crippen molar-refractivity contribution in [3.63, 3.8) is 0 Å². The molecule has 140 valence electrons. The summed E-state index contributed by atoms with van der Waals surface area (Å²) >= 11 is 0. The van der Waals surface area contributed by atoms with Crippen LogP contribution in [0.5, 0.6) is 5.75 Å². The predicted octanol–water partition coefficient (Wildman–Crippen LogP) is 6.00. The topological polar surface area (TPSA) is 55.8 Å². The molecule has 4 nitrogen and oxygen atoms in total. The van der Waals surface area contributed by atoms with E-state index >= 15 is 0 Å². The number of hydrogen-bond donors (Lipinski definition) is 1. The van der Waals surface area contributed by atoms with Crippen molar-refractivity contribution in [2.24, 2.45) is 0 Å². The fourth-order valence-electron chi connectivity index (χ4n) is 2.24. The molecule has 24 heavy (non-hydrogen) atoms. The zero-order valence-corrected chi connectivity index (χ0v) is 17.7. The predicted molar refractivity (Wildman–Crippen MR) is 103 cm³/mol. The Hall–Kier alpha value is -0.830. The van der Waals surface area contributed by atoms with Crippen molar-refractivity contribution in [3.05, 3.63) is 28.8 Å². The Balaban J connectivity index is 0.000000754. The van der Waals surface area contributed by atoms with Crippen LogP contribution in [-0.4, -0.2) is 19.3 Å². The molecule has 1 N–H and O–H groups in total. The molecule has 0 unspecified atom stereocenters. The second-order valence-electron chi connectivity index (χ2n) is 7.21. The fraction of sp³-hybridized carbons (Fsp3) is 0.684. The molecule has 0 spiro atoms. The van der Waals surface area contributed by atoms with E-state index in [0.29, 0.717) is 17.6 Å². The molecule has 0 bridgehead atoms. The SMILES string of the molecule is CCC(C)(C)c1cc(C(C)C)c(O)c(C(C)C)c1.CO[PH](=O)OC. The van der Waals surface area contributed by atoms with E-state index in [1.807, 2.05) is 0 Å². The third kappa shape index (κ3) is 6.58. The van der Waals surface area contributed by atoms with Crippen molar-refractivity contribution in [2.75, 3.05) is 14.2 Å². The smallest absolute Gasteiger partial charge is 0.318 e. The van der Waals surface area contributed by atoms with Gasteiger partial charge in [-0.2, -0.15) is 0 Å². The largest absolute Gasteiger partial charge is 0.507 e. The van der Waals surface area contributed by atoms with Gasteiger partial charge in [0, 0.05) is 14.2 Å². The molecule has 0 atom stereocenters. The van der Waals surface area contributed by atoms with E-state index in [-0.39, 0.29) is 5.41 Å². The fourth-order valence-corrected chi connectivity index (χ4v) is 2.41. The molecule has 1 aromatic carbocycles. The highest BCUT2D eigenvalue weighted by molar-refractivity contribution is 7.33. The van der Waals surface area contributed by atoms with Crippen LogP contribution in [0.3, 0.4) is 0 Å². The lowest BCUT2D eigenvalue weighted by atomic mass is 9.78. The molecule has 0 saturated carbocycles. The maximum Gasteiger partial charge on any atom is 0.318 e. The monoisotopic (exact) mass is 358 g/mol. The summed E-state index contributed by atoms with van der Waals surface area (Å²) in [6.07, 6.45) is 1.10. The summed E-state index contributed by atoms with van der Waals surface area (Å²) in [5, 5.41) is 10.4. The van der Waals surface area contributed by atoms with Crippen LogP contribution in [0.15, 0.2) is 12.1 Å². The van der Waals surface area contributed by atoms with Crippen LogP contribution in [0.1, 0.15) is 83.4 Å². The molecule has 1 rings (SSSR count). The first-order valence-electron chi connectivity index (χ1n) is 8.50. The number of benzene rings is 1. The standard InChI is InChI=1S/C17H28O.C2H7O3P/c1-8-17(6,7)13-9-14(11(2)3)16(18)15(10-13)12(4)5;1-4-6(3)5-2/h9-12,18H,8H2,1-7H3;6H,1-2H3. The van der Waals surface area contributed by atoms with Crippen molar-refractivity contribution in [1.82, 2.24) is 0 Å². The molecule has 0 aliphatic carbocycles. The molecule has 0 fully saturated rings. The van der Waals surface area contributed by atoms with Gasteiger partial charge < -0.3 is 14.2 Å². The molecule has 1 aromatic rings. The van der Waals surface area contributed by atoms with E-state index in [4.69, 9.17) is 0 Å². The van der Waals surface area contributed by atoms with E-state index in [1.54, 1.807) is 0 Å². The summed E-state index contributed by atoms with van der Waals surface area (Å²) in [6, 6.07) is 4.38. The highest BCUT2D eigenvalue weighted by Crippen LogP contribution is 2.38. The van der Waals surface area contributed by atoms with Crippen molar-refractivity contribution in [3.8, 4) is 5.75 Å².